The fourth-order valence-electron chi connectivity index (χ4n) is 3.96. The fourth-order valence-corrected chi connectivity index (χ4v) is 4.28. The van der Waals surface area contributed by atoms with Crippen molar-refractivity contribution in [3.8, 4) is 11.8 Å². The minimum atomic E-state index is -4.75. The molecule has 3 aromatic carbocycles. The van der Waals surface area contributed by atoms with Crippen LogP contribution in [-0.2, 0) is 6.18 Å². The summed E-state index contributed by atoms with van der Waals surface area (Å²) >= 11 is 1.72. The van der Waals surface area contributed by atoms with E-state index in [4.69, 9.17) is 0 Å². The lowest BCUT2D eigenvalue weighted by atomic mass is 9.98. The van der Waals surface area contributed by atoms with E-state index in [0.717, 1.165) is 28.1 Å². The van der Waals surface area contributed by atoms with Crippen molar-refractivity contribution in [2.24, 2.45) is 0 Å². The number of carbonyl (C=O) groups is 1. The Bertz CT molecular complexity index is 1450. The lowest BCUT2D eigenvalue weighted by molar-refractivity contribution is -0.141. The normalized spacial score (nSPS) is 12.1. The van der Waals surface area contributed by atoms with Gasteiger partial charge in [-0.15, -0.1) is 0 Å². The highest BCUT2D eigenvalue weighted by Gasteiger charge is 2.36. The highest BCUT2D eigenvalue weighted by Crippen LogP contribution is 2.30. The molecule has 0 saturated carbocycles. The molecule has 0 saturated heterocycles. The third kappa shape index (κ3) is 6.43. The molecule has 38 heavy (non-hydrogen) atoms. The largest absolute Gasteiger partial charge is 0.435 e. The summed E-state index contributed by atoms with van der Waals surface area (Å²) in [4.78, 5) is 13.2. The van der Waals surface area contributed by atoms with Gasteiger partial charge in [0, 0.05) is 24.1 Å². The maximum absolute atomic E-state index is 13.5. The minimum Gasteiger partial charge on any atom is -0.321 e. The van der Waals surface area contributed by atoms with Gasteiger partial charge in [-0.1, -0.05) is 48.5 Å². The van der Waals surface area contributed by atoms with Gasteiger partial charge in [-0.2, -0.15) is 35.3 Å². The lowest BCUT2D eigenvalue weighted by Crippen LogP contribution is -2.25. The summed E-state index contributed by atoms with van der Waals surface area (Å²) in [5.41, 5.74) is 1.24. The number of aromatic nitrogens is 2. The van der Waals surface area contributed by atoms with Crippen LogP contribution in [0.3, 0.4) is 0 Å². The summed E-state index contributed by atoms with van der Waals surface area (Å²) in [6, 6.07) is 25.4. The van der Waals surface area contributed by atoms with Crippen LogP contribution in [0.4, 0.5) is 18.9 Å². The van der Waals surface area contributed by atoms with E-state index >= 15 is 0 Å². The molecule has 2 N–H and O–H groups in total. The molecule has 6 nitrogen and oxygen atoms in total. The molecule has 0 aliphatic carbocycles. The van der Waals surface area contributed by atoms with Crippen molar-refractivity contribution < 1.29 is 18.0 Å². The Hall–Kier alpha value is -4.07. The highest BCUT2D eigenvalue weighted by molar-refractivity contribution is 7.98. The second kappa shape index (κ2) is 12.0. The maximum Gasteiger partial charge on any atom is 0.435 e. The first-order valence-corrected chi connectivity index (χ1v) is 13.1. The van der Waals surface area contributed by atoms with Crippen molar-refractivity contribution in [2.45, 2.75) is 12.2 Å². The van der Waals surface area contributed by atoms with Gasteiger partial charge in [-0.25, -0.2) is 4.68 Å². The Morgan fingerprint density at radius 1 is 1.03 bits per heavy atom. The molecule has 1 unspecified atom stereocenters. The zero-order valence-electron chi connectivity index (χ0n) is 20.4. The molecule has 1 amide bonds. The number of hydrogen-bond donors (Lipinski definition) is 2. The SMILES string of the molecule is CSCCNC(c1ccccc1)c1cccc(NC(=O)c2cc(C(F)(F)F)nn2-c2cccc(C#N)c2)c1. The molecule has 0 radical (unpaired) electrons. The number of amides is 1. The number of nitriles is 1. The van der Waals surface area contributed by atoms with Gasteiger partial charge in [-0.05, 0) is 47.7 Å². The summed E-state index contributed by atoms with van der Waals surface area (Å²) < 4.78 is 41.4. The Balaban J connectivity index is 1.66. The molecule has 1 atom stereocenters. The van der Waals surface area contributed by atoms with Crippen LogP contribution in [0.1, 0.15) is 38.9 Å². The van der Waals surface area contributed by atoms with Crippen LogP contribution in [-0.4, -0.2) is 34.2 Å². The third-order valence-corrected chi connectivity index (χ3v) is 6.33. The number of rotatable bonds is 9. The van der Waals surface area contributed by atoms with Crippen LogP contribution in [0.5, 0.6) is 0 Å². The Morgan fingerprint density at radius 2 is 1.76 bits per heavy atom. The number of benzene rings is 3. The first kappa shape index (κ1) is 27.0. The number of nitrogens with zero attached hydrogens (tertiary/aromatic N) is 3. The molecule has 0 spiro atoms. The van der Waals surface area contributed by atoms with E-state index < -0.39 is 17.8 Å². The van der Waals surface area contributed by atoms with Gasteiger partial charge in [0.25, 0.3) is 5.91 Å². The molecule has 10 heteroatoms. The van der Waals surface area contributed by atoms with E-state index in [9.17, 15) is 23.2 Å². The predicted octanol–water partition coefficient (Wildman–Crippen LogP) is 6.06. The van der Waals surface area contributed by atoms with Crippen LogP contribution >= 0.6 is 11.8 Å². The van der Waals surface area contributed by atoms with E-state index in [1.54, 1.807) is 30.0 Å². The summed E-state index contributed by atoms with van der Waals surface area (Å²) in [6.45, 7) is 0.762. The van der Waals surface area contributed by atoms with Gasteiger partial charge in [0.2, 0.25) is 0 Å². The number of hydrogen-bond acceptors (Lipinski definition) is 5. The van der Waals surface area contributed by atoms with E-state index in [-0.39, 0.29) is 23.0 Å². The summed E-state index contributed by atoms with van der Waals surface area (Å²) in [5, 5.41) is 19.1. The molecule has 1 aromatic heterocycles. The number of nitrogens with one attached hydrogen (secondary N) is 2. The quantitative estimate of drug-likeness (QED) is 0.255. The van der Waals surface area contributed by atoms with Gasteiger partial charge in [0.05, 0.1) is 23.4 Å². The topological polar surface area (TPSA) is 82.7 Å². The van der Waals surface area contributed by atoms with Crippen molar-refractivity contribution >= 4 is 23.4 Å². The number of thioether (sulfide) groups is 1. The molecule has 194 valence electrons. The molecule has 0 bridgehead atoms. The van der Waals surface area contributed by atoms with Gasteiger partial charge in [0.1, 0.15) is 5.69 Å². The molecule has 4 rings (SSSR count). The van der Waals surface area contributed by atoms with Crippen molar-refractivity contribution in [1.82, 2.24) is 15.1 Å². The Morgan fingerprint density at radius 3 is 2.47 bits per heavy atom. The molecule has 1 heterocycles. The maximum atomic E-state index is 13.5. The van der Waals surface area contributed by atoms with Crippen molar-refractivity contribution in [1.29, 1.82) is 5.26 Å². The van der Waals surface area contributed by atoms with E-state index in [1.807, 2.05) is 48.7 Å². The first-order valence-electron chi connectivity index (χ1n) is 11.7. The molecule has 0 fully saturated rings. The number of alkyl halides is 3. The molecule has 0 aliphatic heterocycles. The van der Waals surface area contributed by atoms with Crippen LogP contribution in [0.2, 0.25) is 0 Å². The standard InChI is InChI=1S/C28H24F3N5OS/c1-38-14-13-33-26(20-8-3-2-4-9-20)21-10-6-11-22(16-21)34-27(37)24-17-25(28(29,30)31)35-36(24)23-12-5-7-19(15-23)18-32/h2-12,15-17,26,33H,13-14H2,1H3,(H,34,37). The molecular weight excluding hydrogens is 511 g/mol. The van der Waals surface area contributed by atoms with Gasteiger partial charge in [-0.3, -0.25) is 4.79 Å². The van der Waals surface area contributed by atoms with Crippen molar-refractivity contribution in [3.63, 3.8) is 0 Å². The van der Waals surface area contributed by atoms with Gasteiger partial charge >= 0.3 is 6.18 Å². The van der Waals surface area contributed by atoms with Crippen molar-refractivity contribution in [3.05, 3.63) is 113 Å². The van der Waals surface area contributed by atoms with E-state index in [2.05, 4.69) is 15.7 Å². The number of carbonyl (C=O) groups excluding carboxylic acids is 1. The smallest absolute Gasteiger partial charge is 0.321 e. The van der Waals surface area contributed by atoms with Crippen LogP contribution in [0.25, 0.3) is 5.69 Å². The minimum absolute atomic E-state index is 0.142. The van der Waals surface area contributed by atoms with Crippen LogP contribution in [0, 0.1) is 11.3 Å². The lowest BCUT2D eigenvalue weighted by Gasteiger charge is -2.20. The summed E-state index contributed by atoms with van der Waals surface area (Å²) in [6.07, 6.45) is -2.72. The average Bonchev–Trinajstić information content (AvgIpc) is 3.39. The van der Waals surface area contributed by atoms with Crippen LogP contribution in [0.15, 0.2) is 84.9 Å². The average molecular weight is 536 g/mol. The highest BCUT2D eigenvalue weighted by atomic mass is 32.2. The van der Waals surface area contributed by atoms with Gasteiger partial charge in [0.15, 0.2) is 5.69 Å². The molecule has 4 aromatic rings. The number of halogens is 3. The first-order chi connectivity index (χ1) is 18.3. The summed E-state index contributed by atoms with van der Waals surface area (Å²) in [5.74, 6) is 0.150. The summed E-state index contributed by atoms with van der Waals surface area (Å²) in [7, 11) is 0. The van der Waals surface area contributed by atoms with E-state index in [0.29, 0.717) is 11.8 Å². The fraction of sp³-hybridized carbons (Fsp3) is 0.179. The van der Waals surface area contributed by atoms with E-state index in [1.165, 1.54) is 24.3 Å². The zero-order chi connectivity index (χ0) is 27.1. The van der Waals surface area contributed by atoms with Crippen LogP contribution < -0.4 is 10.6 Å². The molecular formula is C28H24F3N5OS. The van der Waals surface area contributed by atoms with Crippen molar-refractivity contribution in [2.75, 3.05) is 23.9 Å². The predicted molar refractivity (Wildman–Crippen MR) is 142 cm³/mol. The third-order valence-electron chi connectivity index (χ3n) is 5.72. The molecule has 0 aliphatic rings. The van der Waals surface area contributed by atoms with Gasteiger partial charge < -0.3 is 10.6 Å². The Kier molecular flexibility index (Phi) is 8.51. The monoisotopic (exact) mass is 535 g/mol. The Labute approximate surface area is 222 Å². The number of anilines is 1. The second-order valence-electron chi connectivity index (χ2n) is 8.36. The zero-order valence-corrected chi connectivity index (χ0v) is 21.2. The second-order valence-corrected chi connectivity index (χ2v) is 9.34.